The van der Waals surface area contributed by atoms with E-state index in [1.54, 1.807) is 26.2 Å². The molecule has 1 saturated heterocycles. The fraction of sp³-hybridized carbons (Fsp3) is 0.353. The molecule has 1 aliphatic heterocycles. The molecule has 2 unspecified atom stereocenters. The lowest BCUT2D eigenvalue weighted by Gasteiger charge is -2.16. The number of benzene rings is 2. The molecule has 7 heteroatoms. The standard InChI is InChI=1S/C17H21N3O3S/c1-18(2)15-7-5-6-12-10-13(8-9-14(12)15)24(22,23)20-11-16(20)17(21)19(3)4/h5-10,16H,11H2,1-4H3. The van der Waals surface area contributed by atoms with Crippen molar-refractivity contribution in [3.63, 3.8) is 0 Å². The molecule has 2 aromatic rings. The van der Waals surface area contributed by atoms with E-state index in [2.05, 4.69) is 0 Å². The first-order chi connectivity index (χ1) is 11.2. The maximum absolute atomic E-state index is 12.7. The zero-order valence-electron chi connectivity index (χ0n) is 14.2. The lowest BCUT2D eigenvalue weighted by atomic mass is 10.1. The summed E-state index contributed by atoms with van der Waals surface area (Å²) in [6.07, 6.45) is 0. The van der Waals surface area contributed by atoms with Crippen LogP contribution in [0.2, 0.25) is 0 Å². The summed E-state index contributed by atoms with van der Waals surface area (Å²) in [5, 5.41) is 1.85. The molecule has 1 amide bonds. The van der Waals surface area contributed by atoms with Gasteiger partial charge in [-0.15, -0.1) is 0 Å². The van der Waals surface area contributed by atoms with Crippen molar-refractivity contribution >= 4 is 32.4 Å². The maximum Gasteiger partial charge on any atom is 0.243 e. The quantitative estimate of drug-likeness (QED) is 0.784. The Balaban J connectivity index is 1.97. The van der Waals surface area contributed by atoms with Gasteiger partial charge in [-0.05, 0) is 23.6 Å². The minimum Gasteiger partial charge on any atom is -0.377 e. The first-order valence-electron chi connectivity index (χ1n) is 7.66. The average Bonchev–Trinajstić information content (AvgIpc) is 3.34. The molecule has 2 atom stereocenters. The van der Waals surface area contributed by atoms with Crippen LogP contribution in [-0.2, 0) is 14.8 Å². The average molecular weight is 347 g/mol. The van der Waals surface area contributed by atoms with Crippen LogP contribution in [0.5, 0.6) is 0 Å². The number of fused-ring (bicyclic) bond motifs is 1. The van der Waals surface area contributed by atoms with Gasteiger partial charge in [0.2, 0.25) is 15.9 Å². The molecule has 0 radical (unpaired) electrons. The molecule has 0 aromatic heterocycles. The molecular formula is C17H21N3O3S. The van der Waals surface area contributed by atoms with Crippen LogP contribution in [0.4, 0.5) is 5.69 Å². The van der Waals surface area contributed by atoms with Gasteiger partial charge in [-0.2, -0.15) is 4.31 Å². The number of carbonyl (C=O) groups excluding carboxylic acids is 1. The van der Waals surface area contributed by atoms with E-state index in [0.717, 1.165) is 16.5 Å². The molecule has 24 heavy (non-hydrogen) atoms. The molecule has 0 spiro atoms. The summed E-state index contributed by atoms with van der Waals surface area (Å²) in [6.45, 7) is 0.245. The van der Waals surface area contributed by atoms with E-state index in [1.807, 2.05) is 43.3 Å². The molecule has 0 N–H and O–H groups in total. The number of nitrogens with zero attached hydrogens (tertiary/aromatic N) is 3. The molecule has 3 rings (SSSR count). The van der Waals surface area contributed by atoms with Gasteiger partial charge in [0, 0.05) is 45.8 Å². The Labute approximate surface area is 142 Å². The summed E-state index contributed by atoms with van der Waals surface area (Å²) < 4.78 is 26.7. The van der Waals surface area contributed by atoms with Crippen LogP contribution in [0.15, 0.2) is 41.3 Å². The second kappa shape index (κ2) is 5.75. The fourth-order valence-corrected chi connectivity index (χ4v) is 4.37. The van der Waals surface area contributed by atoms with Gasteiger partial charge in [-0.25, -0.2) is 8.42 Å². The van der Waals surface area contributed by atoms with Gasteiger partial charge in [0.25, 0.3) is 0 Å². The molecule has 0 saturated carbocycles. The highest BCUT2D eigenvalue weighted by molar-refractivity contribution is 7.89. The van der Waals surface area contributed by atoms with Crippen LogP contribution in [0.25, 0.3) is 10.8 Å². The number of hydrogen-bond acceptors (Lipinski definition) is 4. The van der Waals surface area contributed by atoms with Crippen molar-refractivity contribution in [2.75, 3.05) is 39.6 Å². The van der Waals surface area contributed by atoms with E-state index in [4.69, 9.17) is 0 Å². The van der Waals surface area contributed by atoms with Gasteiger partial charge in [0.1, 0.15) is 6.04 Å². The second-order valence-corrected chi connectivity index (χ2v) is 8.27. The summed E-state index contributed by atoms with van der Waals surface area (Å²) >= 11 is 0. The molecular weight excluding hydrogens is 326 g/mol. The third kappa shape index (κ3) is 2.74. The first kappa shape index (κ1) is 16.7. The molecule has 0 bridgehead atoms. The topological polar surface area (TPSA) is 60.7 Å². The van der Waals surface area contributed by atoms with E-state index >= 15 is 0 Å². The van der Waals surface area contributed by atoms with Crippen molar-refractivity contribution in [1.29, 1.82) is 0 Å². The Morgan fingerprint density at radius 2 is 1.83 bits per heavy atom. The molecule has 1 aliphatic rings. The number of rotatable bonds is 4. The molecule has 2 aromatic carbocycles. The fourth-order valence-electron chi connectivity index (χ4n) is 2.82. The van der Waals surface area contributed by atoms with E-state index < -0.39 is 16.1 Å². The summed E-state index contributed by atoms with van der Waals surface area (Å²) in [5.41, 5.74) is 1.03. The predicted octanol–water partition coefficient (Wildman–Crippen LogP) is 1.37. The Morgan fingerprint density at radius 1 is 1.12 bits per heavy atom. The third-order valence-electron chi connectivity index (χ3n) is 4.21. The van der Waals surface area contributed by atoms with E-state index in [-0.39, 0.29) is 17.3 Å². The van der Waals surface area contributed by atoms with Crippen molar-refractivity contribution in [2.24, 2.45) is 0 Å². The van der Waals surface area contributed by atoms with E-state index in [0.29, 0.717) is 0 Å². The highest BCUT2D eigenvalue weighted by Crippen LogP contribution is 2.32. The Kier molecular flexibility index (Phi) is 4.01. The second-order valence-electron chi connectivity index (χ2n) is 6.38. The van der Waals surface area contributed by atoms with Gasteiger partial charge < -0.3 is 9.80 Å². The minimum atomic E-state index is -3.65. The number of sulfonamides is 1. The van der Waals surface area contributed by atoms with Gasteiger partial charge in [0.15, 0.2) is 0 Å². The van der Waals surface area contributed by atoms with Crippen LogP contribution in [0.3, 0.4) is 0 Å². The van der Waals surface area contributed by atoms with Crippen LogP contribution >= 0.6 is 0 Å². The number of carbonyl (C=O) groups is 1. The number of likely N-dealkylation sites (N-methyl/N-ethyl adjacent to an activating group) is 1. The van der Waals surface area contributed by atoms with Gasteiger partial charge in [-0.3, -0.25) is 4.79 Å². The highest BCUT2D eigenvalue weighted by Gasteiger charge is 2.49. The van der Waals surface area contributed by atoms with Crippen molar-refractivity contribution in [1.82, 2.24) is 9.21 Å². The molecule has 1 heterocycles. The van der Waals surface area contributed by atoms with Gasteiger partial charge in [0.05, 0.1) is 4.90 Å². The van der Waals surface area contributed by atoms with Crippen molar-refractivity contribution in [2.45, 2.75) is 10.9 Å². The van der Waals surface area contributed by atoms with E-state index in [9.17, 15) is 13.2 Å². The van der Waals surface area contributed by atoms with Gasteiger partial charge >= 0.3 is 0 Å². The van der Waals surface area contributed by atoms with Crippen molar-refractivity contribution in [3.8, 4) is 0 Å². The van der Waals surface area contributed by atoms with Crippen LogP contribution in [-0.4, -0.2) is 64.3 Å². The maximum atomic E-state index is 12.7. The van der Waals surface area contributed by atoms with Crippen LogP contribution in [0.1, 0.15) is 0 Å². The Hall–Kier alpha value is -2.12. The van der Waals surface area contributed by atoms with Gasteiger partial charge in [-0.1, -0.05) is 18.2 Å². The summed E-state index contributed by atoms with van der Waals surface area (Å²) in [6, 6.07) is 10.3. The van der Waals surface area contributed by atoms with Crippen LogP contribution in [0, 0.1) is 0 Å². The smallest absolute Gasteiger partial charge is 0.243 e. The molecule has 1 fully saturated rings. The zero-order valence-corrected chi connectivity index (χ0v) is 15.0. The van der Waals surface area contributed by atoms with E-state index in [1.165, 1.54) is 9.21 Å². The lowest BCUT2D eigenvalue weighted by Crippen LogP contribution is -2.30. The van der Waals surface area contributed by atoms with Crippen molar-refractivity contribution in [3.05, 3.63) is 36.4 Å². The molecule has 6 nitrogen and oxygen atoms in total. The monoisotopic (exact) mass is 347 g/mol. The Morgan fingerprint density at radius 3 is 2.46 bits per heavy atom. The number of amides is 1. The van der Waals surface area contributed by atoms with Crippen molar-refractivity contribution < 1.29 is 13.2 Å². The first-order valence-corrected chi connectivity index (χ1v) is 9.10. The minimum absolute atomic E-state index is 0.186. The summed E-state index contributed by atoms with van der Waals surface area (Å²) in [5.74, 6) is -0.186. The zero-order chi connectivity index (χ0) is 17.6. The molecule has 0 aliphatic carbocycles. The lowest BCUT2D eigenvalue weighted by molar-refractivity contribution is -0.128. The van der Waals surface area contributed by atoms with Crippen LogP contribution < -0.4 is 4.90 Å². The molecule has 128 valence electrons. The SMILES string of the molecule is CN(C)C(=O)C1CN1S(=O)(=O)c1ccc2c(N(C)C)cccc2c1. The largest absolute Gasteiger partial charge is 0.377 e. The highest BCUT2D eigenvalue weighted by atomic mass is 32.2. The number of anilines is 1. The normalized spacial score (nSPS) is 20.0. The predicted molar refractivity (Wildman–Crippen MR) is 94.6 cm³/mol. The number of hydrogen-bond donors (Lipinski definition) is 0. The Bertz CT molecular complexity index is 906. The third-order valence-corrected chi connectivity index (χ3v) is 6.08. The summed E-state index contributed by atoms with van der Waals surface area (Å²) in [7, 11) is 3.51. The summed E-state index contributed by atoms with van der Waals surface area (Å²) in [4.78, 5) is 15.6.